The van der Waals surface area contributed by atoms with E-state index in [2.05, 4.69) is 15.5 Å². The Labute approximate surface area is 169 Å². The number of hydrogen-bond donors (Lipinski definition) is 0. The van der Waals surface area contributed by atoms with Crippen LogP contribution in [0.2, 0.25) is 0 Å². The first-order valence-electron chi connectivity index (χ1n) is 9.35. The number of fused-ring (bicyclic) bond motifs is 1. The number of hydrogen-bond acceptors (Lipinski definition) is 6. The molecule has 1 unspecified atom stereocenters. The van der Waals surface area contributed by atoms with Gasteiger partial charge in [0.05, 0.1) is 11.4 Å². The van der Waals surface area contributed by atoms with Crippen molar-refractivity contribution in [2.24, 2.45) is 7.05 Å². The normalized spacial score (nSPS) is 17.7. The number of rotatable bonds is 5. The van der Waals surface area contributed by atoms with Crippen LogP contribution in [0.4, 0.5) is 0 Å². The molecule has 0 bridgehead atoms. The van der Waals surface area contributed by atoms with Gasteiger partial charge in [0.15, 0.2) is 5.82 Å². The molecule has 2 heterocycles. The second kappa shape index (κ2) is 7.53. The molecule has 1 fully saturated rings. The van der Waals surface area contributed by atoms with E-state index in [0.717, 1.165) is 10.8 Å². The molecular formula is C19H22N6O3S. The highest BCUT2D eigenvalue weighted by atomic mass is 32.2. The highest BCUT2D eigenvalue weighted by molar-refractivity contribution is 7.89. The first-order chi connectivity index (χ1) is 13.9. The summed E-state index contributed by atoms with van der Waals surface area (Å²) in [4.78, 5) is 14.7. The molecule has 1 aromatic heterocycles. The van der Waals surface area contributed by atoms with E-state index in [1.54, 1.807) is 32.3 Å². The Bertz CT molecular complexity index is 1160. The van der Waals surface area contributed by atoms with Crippen LogP contribution in [0.15, 0.2) is 47.4 Å². The number of aromatic nitrogens is 4. The van der Waals surface area contributed by atoms with Crippen LogP contribution in [-0.4, -0.2) is 63.4 Å². The maximum atomic E-state index is 13.3. The van der Waals surface area contributed by atoms with Crippen LogP contribution in [0, 0.1) is 0 Å². The molecule has 0 spiro atoms. The first-order valence-corrected chi connectivity index (χ1v) is 10.8. The Hall–Kier alpha value is -2.85. The van der Waals surface area contributed by atoms with Gasteiger partial charge in [-0.1, -0.05) is 30.3 Å². The van der Waals surface area contributed by atoms with E-state index in [4.69, 9.17) is 0 Å². The van der Waals surface area contributed by atoms with Crippen molar-refractivity contribution in [2.45, 2.75) is 30.3 Å². The highest BCUT2D eigenvalue weighted by Crippen LogP contribution is 2.29. The molecule has 3 aromatic rings. The summed E-state index contributed by atoms with van der Waals surface area (Å²) in [7, 11) is -0.459. The van der Waals surface area contributed by atoms with Crippen molar-refractivity contribution in [2.75, 3.05) is 13.6 Å². The average molecular weight is 414 g/mol. The van der Waals surface area contributed by atoms with Gasteiger partial charge in [-0.2, -0.15) is 4.31 Å². The lowest BCUT2D eigenvalue weighted by Crippen LogP contribution is -2.46. The van der Waals surface area contributed by atoms with Gasteiger partial charge in [-0.05, 0) is 46.2 Å². The highest BCUT2D eigenvalue weighted by Gasteiger charge is 2.40. The fourth-order valence-corrected chi connectivity index (χ4v) is 5.35. The van der Waals surface area contributed by atoms with Gasteiger partial charge in [-0.3, -0.25) is 4.79 Å². The molecule has 1 aliphatic rings. The first kappa shape index (κ1) is 19.5. The summed E-state index contributed by atoms with van der Waals surface area (Å²) in [6, 6.07) is 11.9. The molecule has 0 radical (unpaired) electrons. The summed E-state index contributed by atoms with van der Waals surface area (Å²) < 4.78 is 29.4. The maximum Gasteiger partial charge on any atom is 0.243 e. The Balaban J connectivity index is 1.59. The van der Waals surface area contributed by atoms with Crippen molar-refractivity contribution in [3.63, 3.8) is 0 Å². The minimum absolute atomic E-state index is 0.205. The Kier molecular flexibility index (Phi) is 5.05. The molecule has 4 rings (SSSR count). The lowest BCUT2D eigenvalue weighted by Gasteiger charge is -2.27. The third kappa shape index (κ3) is 3.60. The molecule has 1 atom stereocenters. The van der Waals surface area contributed by atoms with E-state index in [0.29, 0.717) is 25.2 Å². The summed E-state index contributed by atoms with van der Waals surface area (Å²) in [5.74, 6) is 0.276. The molecule has 2 aromatic carbocycles. The zero-order valence-electron chi connectivity index (χ0n) is 16.3. The topological polar surface area (TPSA) is 101 Å². The van der Waals surface area contributed by atoms with Crippen LogP contribution in [0.25, 0.3) is 10.8 Å². The van der Waals surface area contributed by atoms with Crippen molar-refractivity contribution in [1.29, 1.82) is 0 Å². The number of benzene rings is 2. The summed E-state index contributed by atoms with van der Waals surface area (Å²) in [6.07, 6.45) is 1.13. The smallest absolute Gasteiger partial charge is 0.243 e. The summed E-state index contributed by atoms with van der Waals surface area (Å²) in [5.41, 5.74) is 0. The van der Waals surface area contributed by atoms with Gasteiger partial charge >= 0.3 is 0 Å². The lowest BCUT2D eigenvalue weighted by atomic mass is 10.1. The fourth-order valence-electron chi connectivity index (χ4n) is 3.66. The summed E-state index contributed by atoms with van der Waals surface area (Å²) >= 11 is 0. The van der Waals surface area contributed by atoms with E-state index in [1.807, 2.05) is 24.3 Å². The molecule has 1 saturated heterocycles. The number of aryl methyl sites for hydroxylation is 1. The van der Waals surface area contributed by atoms with Crippen molar-refractivity contribution < 1.29 is 13.2 Å². The average Bonchev–Trinajstić information content (AvgIpc) is 3.37. The molecular weight excluding hydrogens is 392 g/mol. The number of sulfonamides is 1. The SMILES string of the molecule is CN(Cc1nnnn1C)C(=O)C1CCCN1S(=O)(=O)c1ccc2ccccc2c1. The molecule has 1 aliphatic heterocycles. The third-order valence-electron chi connectivity index (χ3n) is 5.28. The second-order valence-electron chi connectivity index (χ2n) is 7.20. The van der Waals surface area contributed by atoms with Crippen LogP contribution in [0.1, 0.15) is 18.7 Å². The number of tetrazole rings is 1. The molecule has 29 heavy (non-hydrogen) atoms. The predicted octanol–water partition coefficient (Wildman–Crippen LogP) is 1.17. The number of amides is 1. The van der Waals surface area contributed by atoms with E-state index >= 15 is 0 Å². The van der Waals surface area contributed by atoms with Crippen molar-refractivity contribution in [3.8, 4) is 0 Å². The van der Waals surface area contributed by atoms with Crippen LogP contribution in [-0.2, 0) is 28.4 Å². The third-order valence-corrected chi connectivity index (χ3v) is 7.18. The van der Waals surface area contributed by atoms with Gasteiger partial charge in [0, 0.05) is 20.6 Å². The minimum atomic E-state index is -3.79. The molecule has 9 nitrogen and oxygen atoms in total. The zero-order chi connectivity index (χ0) is 20.6. The second-order valence-corrected chi connectivity index (χ2v) is 9.09. The van der Waals surface area contributed by atoms with Crippen LogP contribution in [0.5, 0.6) is 0 Å². The Morgan fingerprint density at radius 3 is 2.69 bits per heavy atom. The van der Waals surface area contributed by atoms with Crippen molar-refractivity contribution in [1.82, 2.24) is 29.4 Å². The summed E-state index contributed by atoms with van der Waals surface area (Å²) in [5, 5.41) is 13.0. The Morgan fingerprint density at radius 2 is 1.97 bits per heavy atom. The van der Waals surface area contributed by atoms with Crippen LogP contribution in [0.3, 0.4) is 0 Å². The standard InChI is InChI=1S/C19H22N6O3S/c1-23(13-18-20-21-22-24(18)2)19(26)17-8-5-11-25(17)29(27,28)16-10-9-14-6-3-4-7-15(14)12-16/h3-4,6-7,9-10,12,17H,5,8,11,13H2,1-2H3. The van der Waals surface area contributed by atoms with E-state index in [9.17, 15) is 13.2 Å². The minimum Gasteiger partial charge on any atom is -0.337 e. The van der Waals surface area contributed by atoms with E-state index < -0.39 is 16.1 Å². The number of carbonyl (C=O) groups is 1. The molecule has 10 heteroatoms. The summed E-state index contributed by atoms with van der Waals surface area (Å²) in [6.45, 7) is 0.535. The number of nitrogens with zero attached hydrogens (tertiary/aromatic N) is 6. The quantitative estimate of drug-likeness (QED) is 0.621. The Morgan fingerprint density at radius 1 is 1.21 bits per heavy atom. The van der Waals surface area contributed by atoms with E-state index in [1.165, 1.54) is 13.9 Å². The van der Waals surface area contributed by atoms with Gasteiger partial charge in [-0.15, -0.1) is 5.10 Å². The zero-order valence-corrected chi connectivity index (χ0v) is 17.1. The van der Waals surface area contributed by atoms with Crippen LogP contribution < -0.4 is 0 Å². The number of likely N-dealkylation sites (N-methyl/N-ethyl adjacent to an activating group) is 1. The monoisotopic (exact) mass is 414 g/mol. The molecule has 1 amide bonds. The van der Waals surface area contributed by atoms with Gasteiger partial charge in [0.1, 0.15) is 6.04 Å². The van der Waals surface area contributed by atoms with E-state index in [-0.39, 0.29) is 17.3 Å². The van der Waals surface area contributed by atoms with Crippen molar-refractivity contribution >= 4 is 26.7 Å². The molecule has 0 aliphatic carbocycles. The number of carbonyl (C=O) groups excluding carboxylic acids is 1. The fraction of sp³-hybridized carbons (Fsp3) is 0.368. The van der Waals surface area contributed by atoms with Gasteiger partial charge in [-0.25, -0.2) is 13.1 Å². The molecule has 152 valence electrons. The van der Waals surface area contributed by atoms with Crippen molar-refractivity contribution in [3.05, 3.63) is 48.3 Å². The lowest BCUT2D eigenvalue weighted by molar-refractivity contribution is -0.133. The molecule has 0 saturated carbocycles. The van der Waals surface area contributed by atoms with Gasteiger partial charge in [0.2, 0.25) is 15.9 Å². The largest absolute Gasteiger partial charge is 0.337 e. The maximum absolute atomic E-state index is 13.3. The molecule has 0 N–H and O–H groups in total. The van der Waals surface area contributed by atoms with Gasteiger partial charge in [0.25, 0.3) is 0 Å². The van der Waals surface area contributed by atoms with Crippen LogP contribution >= 0.6 is 0 Å². The predicted molar refractivity (Wildman–Crippen MR) is 106 cm³/mol. The van der Waals surface area contributed by atoms with Gasteiger partial charge < -0.3 is 4.90 Å².